The zero-order valence-corrected chi connectivity index (χ0v) is 14.4. The van der Waals surface area contributed by atoms with Gasteiger partial charge < -0.3 is 5.73 Å². The van der Waals surface area contributed by atoms with Crippen molar-refractivity contribution in [2.24, 2.45) is 5.73 Å². The Labute approximate surface area is 145 Å². The summed E-state index contributed by atoms with van der Waals surface area (Å²) in [6.45, 7) is 4.48. The van der Waals surface area contributed by atoms with Crippen LogP contribution >= 0.6 is 0 Å². The normalized spacial score (nSPS) is 12.8. The summed E-state index contributed by atoms with van der Waals surface area (Å²) in [6.07, 6.45) is 1.14. The number of hydrogen-bond acceptors (Lipinski definition) is 1. The van der Waals surface area contributed by atoms with Crippen molar-refractivity contribution >= 4 is 0 Å². The molecule has 0 amide bonds. The highest BCUT2D eigenvalue weighted by molar-refractivity contribution is 5.49. The molecule has 0 bridgehead atoms. The molecule has 0 radical (unpaired) electrons. The summed E-state index contributed by atoms with van der Waals surface area (Å²) in [7, 11) is 0. The lowest BCUT2D eigenvalue weighted by Gasteiger charge is -2.32. The van der Waals surface area contributed by atoms with Crippen LogP contribution in [-0.2, 0) is 5.54 Å². The number of benzene rings is 3. The van der Waals surface area contributed by atoms with Gasteiger partial charge in [0.15, 0.2) is 0 Å². The van der Waals surface area contributed by atoms with Gasteiger partial charge in [0.25, 0.3) is 0 Å². The van der Waals surface area contributed by atoms with E-state index < -0.39 is 5.54 Å². The highest BCUT2D eigenvalue weighted by Gasteiger charge is 2.31. The van der Waals surface area contributed by atoms with Gasteiger partial charge in [-0.15, -0.1) is 0 Å². The maximum atomic E-state index is 7.02. The molecule has 0 aromatic heterocycles. The molecule has 0 spiro atoms. The van der Waals surface area contributed by atoms with E-state index in [9.17, 15) is 0 Å². The topological polar surface area (TPSA) is 26.0 Å². The molecule has 3 aromatic rings. The summed E-state index contributed by atoms with van der Waals surface area (Å²) in [6, 6.07) is 29.5. The van der Waals surface area contributed by atoms with Gasteiger partial charge in [0.05, 0.1) is 5.54 Å². The predicted molar refractivity (Wildman–Crippen MR) is 102 cm³/mol. The second kappa shape index (κ2) is 7.02. The lowest BCUT2D eigenvalue weighted by molar-refractivity contribution is 0.651. The Morgan fingerprint density at radius 2 is 1.12 bits per heavy atom. The first-order chi connectivity index (χ1) is 11.7. The zero-order valence-electron chi connectivity index (χ0n) is 14.4. The van der Waals surface area contributed by atoms with Crippen molar-refractivity contribution in [3.05, 3.63) is 107 Å². The molecule has 24 heavy (non-hydrogen) atoms. The van der Waals surface area contributed by atoms with E-state index in [0.29, 0.717) is 5.92 Å². The van der Waals surface area contributed by atoms with Crippen LogP contribution in [0.25, 0.3) is 0 Å². The van der Waals surface area contributed by atoms with Crippen LogP contribution in [0.5, 0.6) is 0 Å². The van der Waals surface area contributed by atoms with E-state index in [-0.39, 0.29) is 0 Å². The van der Waals surface area contributed by atoms with E-state index in [2.05, 4.69) is 62.4 Å². The molecular weight excluding hydrogens is 290 g/mol. The van der Waals surface area contributed by atoms with E-state index in [1.165, 1.54) is 5.56 Å². The van der Waals surface area contributed by atoms with Gasteiger partial charge in [-0.05, 0) is 34.6 Å². The van der Waals surface area contributed by atoms with Crippen molar-refractivity contribution < 1.29 is 0 Å². The fourth-order valence-corrected chi connectivity index (χ4v) is 3.21. The molecule has 0 aliphatic rings. The molecule has 0 saturated carbocycles. The fourth-order valence-electron chi connectivity index (χ4n) is 3.21. The van der Waals surface area contributed by atoms with E-state index >= 15 is 0 Å². The Balaban J connectivity index is 2.12. The standard InChI is InChI=1S/C23H25N/c1-3-18(2)19-14-16-22(17-15-19)23(24,20-10-6-4-7-11-20)21-12-8-5-9-13-21/h4-18H,3,24H2,1-2H3. The maximum absolute atomic E-state index is 7.02. The molecule has 0 aliphatic heterocycles. The second-order valence-corrected chi connectivity index (χ2v) is 6.47. The van der Waals surface area contributed by atoms with Gasteiger partial charge in [0.2, 0.25) is 0 Å². The van der Waals surface area contributed by atoms with Crippen LogP contribution in [0.2, 0.25) is 0 Å². The molecular formula is C23H25N. The van der Waals surface area contributed by atoms with Crippen LogP contribution in [0.4, 0.5) is 0 Å². The lowest BCUT2D eigenvalue weighted by atomic mass is 9.77. The smallest absolute Gasteiger partial charge is 0.0922 e. The van der Waals surface area contributed by atoms with E-state index in [1.54, 1.807) is 0 Å². The molecule has 3 aromatic carbocycles. The third-order valence-corrected chi connectivity index (χ3v) is 5.01. The lowest BCUT2D eigenvalue weighted by Crippen LogP contribution is -2.39. The first-order valence-electron chi connectivity index (χ1n) is 8.66. The monoisotopic (exact) mass is 315 g/mol. The van der Waals surface area contributed by atoms with Crippen LogP contribution < -0.4 is 5.73 Å². The van der Waals surface area contributed by atoms with E-state index in [1.807, 2.05) is 36.4 Å². The van der Waals surface area contributed by atoms with Gasteiger partial charge in [0, 0.05) is 0 Å². The number of hydrogen-bond donors (Lipinski definition) is 1. The first kappa shape index (κ1) is 16.5. The minimum absolute atomic E-state index is 0.569. The Morgan fingerprint density at radius 3 is 1.54 bits per heavy atom. The largest absolute Gasteiger partial charge is 0.314 e. The molecule has 0 fully saturated rings. The van der Waals surface area contributed by atoms with Crippen LogP contribution in [0.3, 0.4) is 0 Å². The van der Waals surface area contributed by atoms with Crippen LogP contribution in [0.1, 0.15) is 48.4 Å². The van der Waals surface area contributed by atoms with Gasteiger partial charge in [0.1, 0.15) is 0 Å². The highest BCUT2D eigenvalue weighted by atomic mass is 14.7. The minimum Gasteiger partial charge on any atom is -0.314 e. The van der Waals surface area contributed by atoms with E-state index in [4.69, 9.17) is 5.73 Å². The van der Waals surface area contributed by atoms with E-state index in [0.717, 1.165) is 23.1 Å². The van der Waals surface area contributed by atoms with Gasteiger partial charge in [-0.3, -0.25) is 0 Å². The highest BCUT2D eigenvalue weighted by Crippen LogP contribution is 2.34. The van der Waals surface area contributed by atoms with Gasteiger partial charge in [-0.25, -0.2) is 0 Å². The molecule has 3 rings (SSSR count). The second-order valence-electron chi connectivity index (χ2n) is 6.47. The predicted octanol–water partition coefficient (Wildman–Crippen LogP) is 5.45. The average molecular weight is 315 g/mol. The summed E-state index contributed by atoms with van der Waals surface area (Å²) in [4.78, 5) is 0. The van der Waals surface area contributed by atoms with Crippen LogP contribution in [0, 0.1) is 0 Å². The third-order valence-electron chi connectivity index (χ3n) is 5.01. The zero-order chi connectivity index (χ0) is 17.0. The summed E-state index contributed by atoms with van der Waals surface area (Å²) >= 11 is 0. The minimum atomic E-state index is -0.642. The molecule has 2 N–H and O–H groups in total. The van der Waals surface area contributed by atoms with Crippen LogP contribution in [-0.4, -0.2) is 0 Å². The Kier molecular flexibility index (Phi) is 4.82. The number of rotatable bonds is 5. The molecule has 122 valence electrons. The van der Waals surface area contributed by atoms with Crippen LogP contribution in [0.15, 0.2) is 84.9 Å². The van der Waals surface area contributed by atoms with Crippen molar-refractivity contribution in [2.75, 3.05) is 0 Å². The molecule has 1 nitrogen and oxygen atoms in total. The summed E-state index contributed by atoms with van der Waals surface area (Å²) in [5, 5.41) is 0. The first-order valence-corrected chi connectivity index (χ1v) is 8.66. The molecule has 0 aliphatic carbocycles. The Bertz CT molecular complexity index is 721. The summed E-state index contributed by atoms with van der Waals surface area (Å²) in [5.41, 5.74) is 11.1. The molecule has 0 saturated heterocycles. The van der Waals surface area contributed by atoms with Crippen molar-refractivity contribution in [2.45, 2.75) is 31.7 Å². The van der Waals surface area contributed by atoms with Gasteiger partial charge >= 0.3 is 0 Å². The SMILES string of the molecule is CCC(C)c1ccc(C(N)(c2ccccc2)c2ccccc2)cc1. The summed E-state index contributed by atoms with van der Waals surface area (Å²) < 4.78 is 0. The Morgan fingerprint density at radius 1 is 0.708 bits per heavy atom. The molecule has 1 heteroatoms. The molecule has 0 heterocycles. The molecule has 1 atom stereocenters. The maximum Gasteiger partial charge on any atom is 0.0922 e. The summed E-state index contributed by atoms with van der Waals surface area (Å²) in [5.74, 6) is 0.569. The Hall–Kier alpha value is -2.38. The fraction of sp³-hybridized carbons (Fsp3) is 0.217. The average Bonchev–Trinajstić information content (AvgIpc) is 2.68. The van der Waals surface area contributed by atoms with Crippen molar-refractivity contribution in [1.82, 2.24) is 0 Å². The van der Waals surface area contributed by atoms with Crippen molar-refractivity contribution in [3.8, 4) is 0 Å². The van der Waals surface area contributed by atoms with Crippen molar-refractivity contribution in [3.63, 3.8) is 0 Å². The van der Waals surface area contributed by atoms with Gasteiger partial charge in [-0.2, -0.15) is 0 Å². The number of nitrogens with two attached hydrogens (primary N) is 1. The van der Waals surface area contributed by atoms with Crippen molar-refractivity contribution in [1.29, 1.82) is 0 Å². The van der Waals surface area contributed by atoms with Gasteiger partial charge in [-0.1, -0.05) is 98.8 Å². The molecule has 1 unspecified atom stereocenters. The quantitative estimate of drug-likeness (QED) is 0.622. The third kappa shape index (κ3) is 3.00.